The fourth-order valence-corrected chi connectivity index (χ4v) is 0.612. The van der Waals surface area contributed by atoms with Gasteiger partial charge >= 0.3 is 0 Å². The normalized spacial score (nSPS) is 19.3. The van der Waals surface area contributed by atoms with Crippen molar-refractivity contribution in [3.63, 3.8) is 0 Å². The molecule has 54 valence electrons. The number of nitrogens with two attached hydrogens (primary N) is 1. The maximum atomic E-state index is 5.40. The molecule has 9 heavy (non-hydrogen) atoms. The third-order valence-corrected chi connectivity index (χ3v) is 1.05. The highest BCUT2D eigenvalue weighted by atomic mass is 35.5. The van der Waals surface area contributed by atoms with Crippen molar-refractivity contribution >= 4 is 18.2 Å². The molecule has 0 atom stereocenters. The Balaban J connectivity index is 0.000000640. The Morgan fingerprint density at radius 3 is 3.00 bits per heavy atom. The van der Waals surface area contributed by atoms with Gasteiger partial charge in [-0.15, -0.1) is 12.4 Å². The van der Waals surface area contributed by atoms with E-state index in [1.165, 1.54) is 0 Å². The topological polar surface area (TPSA) is 47.6 Å². The van der Waals surface area contributed by atoms with Crippen LogP contribution >= 0.6 is 12.4 Å². The van der Waals surface area contributed by atoms with Gasteiger partial charge in [0.1, 0.15) is 0 Å². The first-order valence-electron chi connectivity index (χ1n) is 2.76. The molecule has 1 aliphatic rings. The highest BCUT2D eigenvalue weighted by molar-refractivity contribution is 5.85. The number of hydrogen-bond donors (Lipinski definition) is 1. The Bertz CT molecular complexity index is 105. The molecule has 0 aromatic heterocycles. The van der Waals surface area contributed by atoms with Crippen LogP contribution in [0.15, 0.2) is 4.99 Å². The lowest BCUT2D eigenvalue weighted by Crippen LogP contribution is -2.11. The summed E-state index contributed by atoms with van der Waals surface area (Å²) in [6.45, 7) is 2.18. The molecule has 0 aliphatic carbocycles. The van der Waals surface area contributed by atoms with Gasteiger partial charge in [-0.25, -0.2) is 0 Å². The predicted octanol–water partition coefficient (Wildman–Crippen LogP) is 0.186. The number of nitrogens with zero attached hydrogens (tertiary/aromatic N) is 1. The van der Waals surface area contributed by atoms with Crippen LogP contribution in [0.25, 0.3) is 0 Å². The van der Waals surface area contributed by atoms with Crippen LogP contribution in [0.3, 0.4) is 0 Å². The van der Waals surface area contributed by atoms with Gasteiger partial charge in [-0.3, -0.25) is 4.99 Å². The minimum absolute atomic E-state index is 0. The second kappa shape index (κ2) is 4.58. The molecule has 0 aromatic carbocycles. The summed E-state index contributed by atoms with van der Waals surface area (Å²) >= 11 is 0. The predicted molar refractivity (Wildman–Crippen MR) is 39.2 cm³/mol. The zero-order valence-corrected chi connectivity index (χ0v) is 5.99. The maximum Gasteiger partial charge on any atom is 0.0961 e. The van der Waals surface area contributed by atoms with Crippen LogP contribution in [0.5, 0.6) is 0 Å². The summed E-state index contributed by atoms with van der Waals surface area (Å²) in [5.41, 5.74) is 5.40. The monoisotopic (exact) mass is 150 g/mol. The molecule has 0 radical (unpaired) electrons. The minimum Gasteiger partial charge on any atom is -0.387 e. The zero-order chi connectivity index (χ0) is 5.82. The summed E-state index contributed by atoms with van der Waals surface area (Å²) in [7, 11) is 0. The van der Waals surface area contributed by atoms with Gasteiger partial charge in [-0.2, -0.15) is 0 Å². The van der Waals surface area contributed by atoms with Crippen molar-refractivity contribution in [1.82, 2.24) is 0 Å². The van der Waals surface area contributed by atoms with Gasteiger partial charge in [0.25, 0.3) is 0 Å². The SMILES string of the molecule is Cl.NC1=NCCOCC1. The van der Waals surface area contributed by atoms with Crippen LogP contribution in [0, 0.1) is 0 Å². The molecule has 2 N–H and O–H groups in total. The van der Waals surface area contributed by atoms with E-state index in [-0.39, 0.29) is 12.4 Å². The van der Waals surface area contributed by atoms with Crippen molar-refractivity contribution in [2.45, 2.75) is 6.42 Å². The Hall–Kier alpha value is -0.280. The van der Waals surface area contributed by atoms with Crippen molar-refractivity contribution in [1.29, 1.82) is 0 Å². The minimum atomic E-state index is 0. The second-order valence-corrected chi connectivity index (χ2v) is 1.74. The van der Waals surface area contributed by atoms with Crippen LogP contribution in [0.1, 0.15) is 6.42 Å². The van der Waals surface area contributed by atoms with Crippen LogP contribution in [-0.2, 0) is 4.74 Å². The lowest BCUT2D eigenvalue weighted by atomic mass is 10.4. The van der Waals surface area contributed by atoms with Gasteiger partial charge in [0, 0.05) is 6.42 Å². The average Bonchev–Trinajstić information content (AvgIpc) is 1.94. The lowest BCUT2D eigenvalue weighted by Gasteiger charge is -1.92. The van der Waals surface area contributed by atoms with E-state index in [1.807, 2.05) is 0 Å². The zero-order valence-electron chi connectivity index (χ0n) is 5.17. The molecule has 4 heteroatoms. The molecule has 1 heterocycles. The van der Waals surface area contributed by atoms with Crippen LogP contribution in [0.4, 0.5) is 0 Å². The van der Waals surface area contributed by atoms with Crippen LogP contribution in [0.2, 0.25) is 0 Å². The van der Waals surface area contributed by atoms with Crippen molar-refractivity contribution in [2.75, 3.05) is 19.8 Å². The molecule has 0 saturated heterocycles. The summed E-state index contributed by atoms with van der Waals surface area (Å²) < 4.78 is 5.07. The first kappa shape index (κ1) is 8.72. The number of amidine groups is 1. The number of rotatable bonds is 0. The fourth-order valence-electron chi connectivity index (χ4n) is 0.612. The van der Waals surface area contributed by atoms with E-state index in [0.29, 0.717) is 0 Å². The van der Waals surface area contributed by atoms with Crippen LogP contribution < -0.4 is 5.73 Å². The van der Waals surface area contributed by atoms with E-state index in [0.717, 1.165) is 32.0 Å². The molecule has 0 spiro atoms. The van der Waals surface area contributed by atoms with E-state index in [2.05, 4.69) is 4.99 Å². The molecule has 1 rings (SSSR count). The molecular weight excluding hydrogens is 140 g/mol. The number of halogens is 1. The molecule has 1 aliphatic heterocycles. The molecule has 0 bridgehead atoms. The Morgan fingerprint density at radius 2 is 2.22 bits per heavy atom. The third kappa shape index (κ3) is 3.32. The van der Waals surface area contributed by atoms with Gasteiger partial charge in [-0.05, 0) is 0 Å². The summed E-state index contributed by atoms with van der Waals surface area (Å²) in [4.78, 5) is 3.99. The summed E-state index contributed by atoms with van der Waals surface area (Å²) in [6.07, 6.45) is 0.792. The Labute approximate surface area is 60.7 Å². The fraction of sp³-hybridized carbons (Fsp3) is 0.800. The van der Waals surface area contributed by atoms with E-state index in [4.69, 9.17) is 10.5 Å². The lowest BCUT2D eigenvalue weighted by molar-refractivity contribution is 0.153. The molecule has 0 fully saturated rings. The molecule has 0 unspecified atom stereocenters. The van der Waals surface area contributed by atoms with Crippen molar-refractivity contribution < 1.29 is 4.74 Å². The number of ether oxygens (including phenoxy) is 1. The van der Waals surface area contributed by atoms with E-state index in [1.54, 1.807) is 0 Å². The van der Waals surface area contributed by atoms with Gasteiger partial charge in [0.05, 0.1) is 25.6 Å². The molecule has 0 saturated carbocycles. The third-order valence-electron chi connectivity index (χ3n) is 1.05. The largest absolute Gasteiger partial charge is 0.387 e. The molecule has 0 aromatic rings. The van der Waals surface area contributed by atoms with Crippen molar-refractivity contribution in [2.24, 2.45) is 10.7 Å². The van der Waals surface area contributed by atoms with E-state index < -0.39 is 0 Å². The summed E-state index contributed by atoms with van der Waals surface area (Å²) in [5, 5.41) is 0. The van der Waals surface area contributed by atoms with Crippen molar-refractivity contribution in [3.05, 3.63) is 0 Å². The van der Waals surface area contributed by atoms with Crippen LogP contribution in [-0.4, -0.2) is 25.6 Å². The van der Waals surface area contributed by atoms with E-state index in [9.17, 15) is 0 Å². The molecule has 0 amide bonds. The first-order chi connectivity index (χ1) is 3.89. The number of aliphatic imine (C=N–C) groups is 1. The summed E-state index contributed by atoms with van der Waals surface area (Å²) in [6, 6.07) is 0. The second-order valence-electron chi connectivity index (χ2n) is 1.74. The highest BCUT2D eigenvalue weighted by Gasteiger charge is 1.96. The first-order valence-corrected chi connectivity index (χ1v) is 2.76. The molecular formula is C5H11ClN2O. The summed E-state index contributed by atoms with van der Waals surface area (Å²) in [5.74, 6) is 0.725. The van der Waals surface area contributed by atoms with E-state index >= 15 is 0 Å². The maximum absolute atomic E-state index is 5.40. The van der Waals surface area contributed by atoms with Gasteiger partial charge in [-0.1, -0.05) is 0 Å². The number of hydrogen-bond acceptors (Lipinski definition) is 3. The standard InChI is InChI=1S/C5H10N2O.ClH/c6-5-1-3-8-4-2-7-5;/h1-4H2,(H2,6,7);1H. The van der Waals surface area contributed by atoms with Gasteiger partial charge in [0.2, 0.25) is 0 Å². The van der Waals surface area contributed by atoms with Gasteiger partial charge in [0.15, 0.2) is 0 Å². The smallest absolute Gasteiger partial charge is 0.0961 e. The Morgan fingerprint density at radius 1 is 1.44 bits per heavy atom. The molecule has 3 nitrogen and oxygen atoms in total. The average molecular weight is 151 g/mol. The Kier molecular flexibility index (Phi) is 4.44. The van der Waals surface area contributed by atoms with Gasteiger partial charge < -0.3 is 10.5 Å². The quantitative estimate of drug-likeness (QED) is 0.536. The highest BCUT2D eigenvalue weighted by Crippen LogP contribution is 1.89. The van der Waals surface area contributed by atoms with Crippen molar-refractivity contribution in [3.8, 4) is 0 Å².